The van der Waals surface area contributed by atoms with E-state index in [-0.39, 0.29) is 17.3 Å². The third-order valence-corrected chi connectivity index (χ3v) is 6.59. The number of carboxylic acid groups (broad SMARTS) is 1. The Labute approximate surface area is 152 Å². The lowest BCUT2D eigenvalue weighted by Crippen LogP contribution is -2.35. The van der Waals surface area contributed by atoms with Crippen LogP contribution in [0.5, 0.6) is 0 Å². The van der Waals surface area contributed by atoms with E-state index in [1.54, 1.807) is 24.3 Å². The van der Waals surface area contributed by atoms with Gasteiger partial charge >= 0.3 is 5.97 Å². The summed E-state index contributed by atoms with van der Waals surface area (Å²) in [5, 5.41) is 11.6. The number of ether oxygens (including phenoxy) is 1. The first-order valence-corrected chi connectivity index (χ1v) is 10.1. The molecule has 3 rings (SSSR count). The molecule has 2 aliphatic rings. The standard InChI is InChI=1S/C17H22N2O6S/c20-16(14-7-8-15(25-14)17(21)22)18-11-12-3-5-13(6-4-12)26(23,24)19-9-1-2-10-19/h3-6,14-15H,1-2,7-11H2,(H,18,20)(H,21,22)/t14-,15+/m0/s1. The van der Waals surface area contributed by atoms with Crippen LogP contribution in [-0.4, -0.2) is 55.0 Å². The number of nitrogens with zero attached hydrogens (tertiary/aromatic N) is 1. The number of sulfonamides is 1. The Kier molecular flexibility index (Phi) is 5.59. The zero-order chi connectivity index (χ0) is 18.7. The second-order valence-corrected chi connectivity index (χ2v) is 8.44. The molecule has 2 fully saturated rings. The maximum atomic E-state index is 12.5. The van der Waals surface area contributed by atoms with Crippen LogP contribution in [0.4, 0.5) is 0 Å². The van der Waals surface area contributed by atoms with Gasteiger partial charge in [-0.2, -0.15) is 4.31 Å². The average molecular weight is 382 g/mol. The molecule has 26 heavy (non-hydrogen) atoms. The highest BCUT2D eigenvalue weighted by Crippen LogP contribution is 2.22. The molecule has 0 unspecified atom stereocenters. The van der Waals surface area contributed by atoms with Crippen LogP contribution in [0.2, 0.25) is 0 Å². The van der Waals surface area contributed by atoms with Crippen molar-refractivity contribution < 1.29 is 27.9 Å². The third-order valence-electron chi connectivity index (χ3n) is 4.68. The fraction of sp³-hybridized carbons (Fsp3) is 0.529. The molecule has 1 aromatic carbocycles. The van der Waals surface area contributed by atoms with Crippen LogP contribution in [-0.2, 0) is 30.9 Å². The van der Waals surface area contributed by atoms with E-state index >= 15 is 0 Å². The van der Waals surface area contributed by atoms with Crippen molar-refractivity contribution in [1.29, 1.82) is 0 Å². The first-order valence-electron chi connectivity index (χ1n) is 8.63. The molecule has 8 nitrogen and oxygen atoms in total. The molecule has 0 spiro atoms. The number of hydrogen-bond donors (Lipinski definition) is 2. The van der Waals surface area contributed by atoms with E-state index in [0.717, 1.165) is 18.4 Å². The number of amides is 1. The Morgan fingerprint density at radius 3 is 2.31 bits per heavy atom. The van der Waals surface area contributed by atoms with Gasteiger partial charge < -0.3 is 15.2 Å². The van der Waals surface area contributed by atoms with Crippen LogP contribution in [0, 0.1) is 0 Å². The van der Waals surface area contributed by atoms with Crippen molar-refractivity contribution in [2.75, 3.05) is 13.1 Å². The van der Waals surface area contributed by atoms with Gasteiger partial charge in [-0.25, -0.2) is 13.2 Å². The fourth-order valence-corrected chi connectivity index (χ4v) is 4.69. The number of benzene rings is 1. The van der Waals surface area contributed by atoms with Crippen LogP contribution in [0.15, 0.2) is 29.2 Å². The van der Waals surface area contributed by atoms with Crippen LogP contribution in [0.3, 0.4) is 0 Å². The zero-order valence-electron chi connectivity index (χ0n) is 14.3. The minimum absolute atomic E-state index is 0.223. The first-order chi connectivity index (χ1) is 12.4. The minimum Gasteiger partial charge on any atom is -0.479 e. The molecule has 0 aromatic heterocycles. The van der Waals surface area contributed by atoms with Gasteiger partial charge in [-0.05, 0) is 43.4 Å². The van der Waals surface area contributed by atoms with Gasteiger partial charge in [0.25, 0.3) is 0 Å². The van der Waals surface area contributed by atoms with Gasteiger partial charge in [0.15, 0.2) is 6.10 Å². The summed E-state index contributed by atoms with van der Waals surface area (Å²) in [7, 11) is -3.44. The van der Waals surface area contributed by atoms with E-state index in [1.807, 2.05) is 0 Å². The number of aliphatic carboxylic acids is 1. The van der Waals surface area contributed by atoms with Crippen molar-refractivity contribution in [1.82, 2.24) is 9.62 Å². The summed E-state index contributed by atoms with van der Waals surface area (Å²) in [6, 6.07) is 6.42. The molecule has 2 saturated heterocycles. The molecule has 2 atom stereocenters. The van der Waals surface area contributed by atoms with Gasteiger partial charge in [0.1, 0.15) is 6.10 Å². The maximum Gasteiger partial charge on any atom is 0.332 e. The van der Waals surface area contributed by atoms with Gasteiger partial charge in [-0.15, -0.1) is 0 Å². The number of hydrogen-bond acceptors (Lipinski definition) is 5. The van der Waals surface area contributed by atoms with Crippen molar-refractivity contribution >= 4 is 21.9 Å². The van der Waals surface area contributed by atoms with Crippen molar-refractivity contribution in [3.8, 4) is 0 Å². The van der Waals surface area contributed by atoms with Crippen molar-refractivity contribution in [3.05, 3.63) is 29.8 Å². The molecule has 2 N–H and O–H groups in total. The number of carbonyl (C=O) groups excluding carboxylic acids is 1. The monoisotopic (exact) mass is 382 g/mol. The molecule has 2 aliphatic heterocycles. The minimum atomic E-state index is -3.44. The Morgan fingerprint density at radius 2 is 1.73 bits per heavy atom. The molecule has 1 aromatic rings. The highest BCUT2D eigenvalue weighted by atomic mass is 32.2. The highest BCUT2D eigenvalue weighted by Gasteiger charge is 2.34. The molecular weight excluding hydrogens is 360 g/mol. The predicted octanol–water partition coefficient (Wildman–Crippen LogP) is 0.719. The molecule has 2 heterocycles. The number of nitrogens with one attached hydrogen (secondary N) is 1. The lowest BCUT2D eigenvalue weighted by Gasteiger charge is -2.16. The summed E-state index contributed by atoms with van der Waals surface area (Å²) in [6.07, 6.45) is 0.767. The van der Waals surface area contributed by atoms with Crippen LogP contribution < -0.4 is 5.32 Å². The summed E-state index contributed by atoms with van der Waals surface area (Å²) in [4.78, 5) is 23.2. The lowest BCUT2D eigenvalue weighted by atomic mass is 10.2. The summed E-state index contributed by atoms with van der Waals surface area (Å²) in [5.74, 6) is -1.42. The number of carboxylic acids is 1. The molecule has 0 radical (unpaired) electrons. The summed E-state index contributed by atoms with van der Waals surface area (Å²) in [5.41, 5.74) is 0.756. The fourth-order valence-electron chi connectivity index (χ4n) is 3.17. The Balaban J connectivity index is 1.55. The number of rotatable bonds is 6. The normalized spacial score (nSPS) is 23.8. The smallest absolute Gasteiger partial charge is 0.332 e. The van der Waals surface area contributed by atoms with E-state index < -0.39 is 28.2 Å². The quantitative estimate of drug-likeness (QED) is 0.750. The molecule has 9 heteroatoms. The largest absolute Gasteiger partial charge is 0.479 e. The van der Waals surface area contributed by atoms with Crippen LogP contribution >= 0.6 is 0 Å². The average Bonchev–Trinajstić information content (AvgIpc) is 3.31. The summed E-state index contributed by atoms with van der Waals surface area (Å²) >= 11 is 0. The van der Waals surface area contributed by atoms with Crippen molar-refractivity contribution in [2.24, 2.45) is 0 Å². The zero-order valence-corrected chi connectivity index (χ0v) is 15.1. The van der Waals surface area contributed by atoms with E-state index in [1.165, 1.54) is 4.31 Å². The van der Waals surface area contributed by atoms with E-state index in [0.29, 0.717) is 25.9 Å². The maximum absolute atomic E-state index is 12.5. The third kappa shape index (κ3) is 4.05. The number of carbonyl (C=O) groups is 2. The Bertz CT molecular complexity index is 771. The molecular formula is C17H22N2O6S. The lowest BCUT2D eigenvalue weighted by molar-refractivity contribution is -0.151. The molecule has 0 bridgehead atoms. The summed E-state index contributed by atoms with van der Waals surface area (Å²) in [6.45, 7) is 1.33. The topological polar surface area (TPSA) is 113 Å². The molecule has 1 amide bonds. The molecule has 0 saturated carbocycles. The van der Waals surface area contributed by atoms with E-state index in [9.17, 15) is 18.0 Å². The van der Waals surface area contributed by atoms with Gasteiger partial charge in [0.05, 0.1) is 4.90 Å². The Hall–Kier alpha value is -1.97. The highest BCUT2D eigenvalue weighted by molar-refractivity contribution is 7.89. The molecule has 0 aliphatic carbocycles. The second kappa shape index (κ2) is 7.73. The molecule has 142 valence electrons. The first kappa shape index (κ1) is 18.8. The van der Waals surface area contributed by atoms with Crippen molar-refractivity contribution in [3.63, 3.8) is 0 Å². The van der Waals surface area contributed by atoms with Gasteiger partial charge in [0, 0.05) is 19.6 Å². The van der Waals surface area contributed by atoms with Gasteiger partial charge in [0.2, 0.25) is 15.9 Å². The van der Waals surface area contributed by atoms with Gasteiger partial charge in [-0.1, -0.05) is 12.1 Å². The van der Waals surface area contributed by atoms with Crippen LogP contribution in [0.1, 0.15) is 31.2 Å². The second-order valence-electron chi connectivity index (χ2n) is 6.50. The predicted molar refractivity (Wildman–Crippen MR) is 91.8 cm³/mol. The van der Waals surface area contributed by atoms with Crippen molar-refractivity contribution in [2.45, 2.75) is 49.3 Å². The summed E-state index contributed by atoms with van der Waals surface area (Å²) < 4.78 is 31.6. The van der Waals surface area contributed by atoms with Gasteiger partial charge in [-0.3, -0.25) is 4.79 Å². The van der Waals surface area contributed by atoms with Crippen LogP contribution in [0.25, 0.3) is 0 Å². The Morgan fingerprint density at radius 1 is 1.12 bits per heavy atom. The van der Waals surface area contributed by atoms with E-state index in [2.05, 4.69) is 5.32 Å². The SMILES string of the molecule is O=C(NCc1ccc(S(=O)(=O)N2CCCC2)cc1)[C@@H]1CC[C@H](C(=O)O)O1. The van der Waals surface area contributed by atoms with E-state index in [4.69, 9.17) is 9.84 Å².